The van der Waals surface area contributed by atoms with Gasteiger partial charge in [-0.1, -0.05) is 29.8 Å². The molecule has 0 spiro atoms. The van der Waals surface area contributed by atoms with Crippen LogP contribution >= 0.6 is 11.6 Å². The van der Waals surface area contributed by atoms with E-state index in [2.05, 4.69) is 15.2 Å². The third kappa shape index (κ3) is 3.21. The lowest BCUT2D eigenvalue weighted by atomic mass is 10.00. The second-order valence-corrected chi connectivity index (χ2v) is 7.44. The van der Waals surface area contributed by atoms with E-state index in [1.54, 1.807) is 6.20 Å². The van der Waals surface area contributed by atoms with E-state index in [9.17, 15) is 4.79 Å². The van der Waals surface area contributed by atoms with Crippen molar-refractivity contribution in [3.8, 4) is 5.69 Å². The van der Waals surface area contributed by atoms with Crippen LogP contribution in [0.5, 0.6) is 0 Å². The lowest BCUT2D eigenvalue weighted by Crippen LogP contribution is -2.50. The van der Waals surface area contributed by atoms with Crippen LogP contribution in [-0.2, 0) is 18.4 Å². The number of para-hydroxylation sites is 1. The van der Waals surface area contributed by atoms with Gasteiger partial charge in [0.1, 0.15) is 17.0 Å². The molecule has 2 aromatic heterocycles. The van der Waals surface area contributed by atoms with E-state index in [0.29, 0.717) is 18.2 Å². The van der Waals surface area contributed by atoms with E-state index in [1.807, 2.05) is 60.5 Å². The molecule has 0 unspecified atom stereocenters. The molecule has 1 aromatic carbocycles. The summed E-state index contributed by atoms with van der Waals surface area (Å²) >= 11 is 6.14. The molecule has 8 heteroatoms. The fraction of sp³-hybridized carbons (Fsp3) is 0.350. The van der Waals surface area contributed by atoms with Crippen LogP contribution in [0.2, 0.25) is 5.15 Å². The number of rotatable bonds is 4. The van der Waals surface area contributed by atoms with Gasteiger partial charge in [-0.3, -0.25) is 9.69 Å². The average Bonchev–Trinajstić information content (AvgIpc) is 3.16. The summed E-state index contributed by atoms with van der Waals surface area (Å²) in [4.78, 5) is 19.4. The number of imidazole rings is 1. The van der Waals surface area contributed by atoms with E-state index in [4.69, 9.17) is 16.7 Å². The fourth-order valence-electron chi connectivity index (χ4n) is 3.82. The van der Waals surface area contributed by atoms with Gasteiger partial charge in [0.2, 0.25) is 5.91 Å². The summed E-state index contributed by atoms with van der Waals surface area (Å²) < 4.78 is 3.75. The summed E-state index contributed by atoms with van der Waals surface area (Å²) in [7, 11) is 1.88. The largest absolute Gasteiger partial charge is 0.353 e. The first kappa shape index (κ1) is 18.7. The molecule has 1 saturated heterocycles. The number of carbonyl (C=O) groups excluding carboxylic acids is 1. The molecule has 0 saturated carbocycles. The van der Waals surface area contributed by atoms with E-state index < -0.39 is 6.04 Å². The number of hydrogen-bond donors (Lipinski definition) is 1. The molecule has 1 atom stereocenters. The van der Waals surface area contributed by atoms with Crippen LogP contribution in [0.4, 0.5) is 0 Å². The maximum atomic E-state index is 12.9. The lowest BCUT2D eigenvalue weighted by Gasteiger charge is -2.35. The number of hydrogen-bond acceptors (Lipinski definition) is 4. The fourth-order valence-corrected chi connectivity index (χ4v) is 3.97. The van der Waals surface area contributed by atoms with E-state index >= 15 is 0 Å². The number of aryl methyl sites for hydroxylation is 1. The SMILES string of the molecule is Cc1nn(-c2ccccc2)c(C)c1[C@H]1C(=O)NCCN1Cc1ncc(Cl)n1C. The van der Waals surface area contributed by atoms with Crippen molar-refractivity contribution in [1.29, 1.82) is 0 Å². The monoisotopic (exact) mass is 398 g/mol. The third-order valence-corrected chi connectivity index (χ3v) is 5.66. The number of halogens is 1. The molecular weight excluding hydrogens is 376 g/mol. The number of piperazine rings is 1. The average molecular weight is 399 g/mol. The minimum absolute atomic E-state index is 0.00892. The maximum Gasteiger partial charge on any atom is 0.242 e. The highest BCUT2D eigenvalue weighted by Crippen LogP contribution is 2.31. The Kier molecular flexibility index (Phi) is 4.95. The Labute approximate surface area is 168 Å². The zero-order valence-corrected chi connectivity index (χ0v) is 16.9. The number of amides is 1. The molecule has 1 amide bonds. The van der Waals surface area contributed by atoms with Crippen molar-refractivity contribution < 1.29 is 4.79 Å². The number of nitrogens with one attached hydrogen (secondary N) is 1. The lowest BCUT2D eigenvalue weighted by molar-refractivity contribution is -0.129. The molecule has 3 heterocycles. The highest BCUT2D eigenvalue weighted by atomic mass is 35.5. The van der Waals surface area contributed by atoms with E-state index in [-0.39, 0.29) is 5.91 Å². The van der Waals surface area contributed by atoms with Crippen molar-refractivity contribution in [3.63, 3.8) is 0 Å². The van der Waals surface area contributed by atoms with Crippen molar-refractivity contribution in [1.82, 2.24) is 29.5 Å². The van der Waals surface area contributed by atoms with Crippen LogP contribution in [-0.4, -0.2) is 43.2 Å². The predicted molar refractivity (Wildman–Crippen MR) is 107 cm³/mol. The summed E-state index contributed by atoms with van der Waals surface area (Å²) in [5, 5.41) is 8.30. The normalized spacial score (nSPS) is 17.7. The first-order chi connectivity index (χ1) is 13.5. The molecule has 146 valence electrons. The Morgan fingerprint density at radius 3 is 2.68 bits per heavy atom. The zero-order valence-electron chi connectivity index (χ0n) is 16.2. The summed E-state index contributed by atoms with van der Waals surface area (Å²) in [5.41, 5.74) is 3.74. The van der Waals surface area contributed by atoms with Gasteiger partial charge >= 0.3 is 0 Å². The maximum absolute atomic E-state index is 12.9. The van der Waals surface area contributed by atoms with Crippen molar-refractivity contribution in [3.05, 3.63) is 64.5 Å². The van der Waals surface area contributed by atoms with Crippen molar-refractivity contribution in [2.24, 2.45) is 7.05 Å². The Balaban J connectivity index is 1.73. The van der Waals surface area contributed by atoms with Crippen LogP contribution in [0.1, 0.15) is 28.8 Å². The van der Waals surface area contributed by atoms with Crippen LogP contribution in [0.15, 0.2) is 36.5 Å². The molecule has 1 aliphatic heterocycles. The van der Waals surface area contributed by atoms with Crippen LogP contribution in [0.25, 0.3) is 5.69 Å². The van der Waals surface area contributed by atoms with Crippen LogP contribution in [0, 0.1) is 13.8 Å². The topological polar surface area (TPSA) is 68.0 Å². The molecule has 1 fully saturated rings. The molecule has 7 nitrogen and oxygen atoms in total. The summed E-state index contributed by atoms with van der Waals surface area (Å²) in [6, 6.07) is 9.55. The highest BCUT2D eigenvalue weighted by molar-refractivity contribution is 6.29. The second kappa shape index (κ2) is 7.41. The van der Waals surface area contributed by atoms with Crippen molar-refractivity contribution >= 4 is 17.5 Å². The molecule has 3 aromatic rings. The van der Waals surface area contributed by atoms with Gasteiger partial charge in [0.25, 0.3) is 0 Å². The second-order valence-electron chi connectivity index (χ2n) is 7.05. The number of nitrogens with zero attached hydrogens (tertiary/aromatic N) is 5. The number of aromatic nitrogens is 4. The van der Waals surface area contributed by atoms with E-state index in [0.717, 1.165) is 35.0 Å². The Hall–Kier alpha value is -2.64. The van der Waals surface area contributed by atoms with Gasteiger partial charge in [-0.15, -0.1) is 0 Å². The molecule has 0 aliphatic carbocycles. The standard InChI is InChI=1S/C20H23ClN6O/c1-13-18(14(2)27(24-13)15-7-5-4-6-8-15)19-20(28)22-9-10-26(19)12-17-23-11-16(21)25(17)3/h4-8,11,19H,9-10,12H2,1-3H3,(H,22,28)/t19-/m0/s1. The predicted octanol–water partition coefficient (Wildman–Crippen LogP) is 2.55. The van der Waals surface area contributed by atoms with Gasteiger partial charge in [0.15, 0.2) is 0 Å². The van der Waals surface area contributed by atoms with E-state index in [1.165, 1.54) is 0 Å². The number of carbonyl (C=O) groups is 1. The van der Waals surface area contributed by atoms with Gasteiger partial charge < -0.3 is 9.88 Å². The van der Waals surface area contributed by atoms with Gasteiger partial charge in [0.05, 0.1) is 24.1 Å². The molecular formula is C20H23ClN6O. The van der Waals surface area contributed by atoms with Crippen molar-refractivity contribution in [2.75, 3.05) is 13.1 Å². The molecule has 0 radical (unpaired) electrons. The molecule has 1 N–H and O–H groups in total. The first-order valence-corrected chi connectivity index (χ1v) is 9.64. The smallest absolute Gasteiger partial charge is 0.242 e. The summed E-state index contributed by atoms with van der Waals surface area (Å²) in [6.45, 7) is 5.85. The Bertz CT molecular complexity index is 1010. The molecule has 0 bridgehead atoms. The van der Waals surface area contributed by atoms with Crippen LogP contribution < -0.4 is 5.32 Å². The highest BCUT2D eigenvalue weighted by Gasteiger charge is 2.36. The number of benzene rings is 1. The van der Waals surface area contributed by atoms with Gasteiger partial charge in [-0.2, -0.15) is 5.10 Å². The minimum atomic E-state index is -0.415. The van der Waals surface area contributed by atoms with Crippen LogP contribution in [0.3, 0.4) is 0 Å². The third-order valence-electron chi connectivity index (χ3n) is 5.31. The minimum Gasteiger partial charge on any atom is -0.353 e. The quantitative estimate of drug-likeness (QED) is 0.733. The first-order valence-electron chi connectivity index (χ1n) is 9.26. The summed E-state index contributed by atoms with van der Waals surface area (Å²) in [5.74, 6) is 0.820. The molecule has 28 heavy (non-hydrogen) atoms. The summed E-state index contributed by atoms with van der Waals surface area (Å²) in [6.07, 6.45) is 1.64. The molecule has 4 rings (SSSR count). The van der Waals surface area contributed by atoms with Gasteiger partial charge in [0, 0.05) is 31.4 Å². The zero-order chi connectivity index (χ0) is 19.8. The Morgan fingerprint density at radius 2 is 2.00 bits per heavy atom. The van der Waals surface area contributed by atoms with Crippen molar-refractivity contribution in [2.45, 2.75) is 26.4 Å². The Morgan fingerprint density at radius 1 is 1.25 bits per heavy atom. The molecule has 1 aliphatic rings. The van der Waals surface area contributed by atoms with Gasteiger partial charge in [-0.05, 0) is 26.0 Å². The van der Waals surface area contributed by atoms with Gasteiger partial charge in [-0.25, -0.2) is 9.67 Å².